The van der Waals surface area contributed by atoms with Gasteiger partial charge in [-0.3, -0.25) is 4.79 Å². The highest BCUT2D eigenvalue weighted by molar-refractivity contribution is 7.99. The Bertz CT molecular complexity index is 531. The molecule has 2 aliphatic heterocycles. The third-order valence-electron chi connectivity index (χ3n) is 4.31. The Morgan fingerprint density at radius 3 is 2.96 bits per heavy atom. The Kier molecular flexibility index (Phi) is 5.97. The molecule has 0 bridgehead atoms. The van der Waals surface area contributed by atoms with Crippen molar-refractivity contribution in [2.75, 3.05) is 37.0 Å². The topological polar surface area (TPSA) is 38.8 Å². The van der Waals surface area contributed by atoms with Gasteiger partial charge in [-0.1, -0.05) is 19.1 Å². The van der Waals surface area contributed by atoms with Crippen LogP contribution in [0.25, 0.3) is 0 Å². The SMILES string of the molecule is C[C@H]1CSc2ccccc2N(C(=O)CCOC2CCOCC2)C1. The van der Waals surface area contributed by atoms with Crippen molar-refractivity contribution in [3.05, 3.63) is 24.3 Å². The number of nitrogens with zero attached hydrogens (tertiary/aromatic N) is 1. The van der Waals surface area contributed by atoms with Crippen LogP contribution in [0.3, 0.4) is 0 Å². The molecule has 4 nitrogen and oxygen atoms in total. The van der Waals surface area contributed by atoms with Gasteiger partial charge in [-0.2, -0.15) is 0 Å². The summed E-state index contributed by atoms with van der Waals surface area (Å²) in [6.45, 7) is 5.04. The highest BCUT2D eigenvalue weighted by Crippen LogP contribution is 2.35. The quantitative estimate of drug-likeness (QED) is 0.846. The Morgan fingerprint density at radius 1 is 1.35 bits per heavy atom. The van der Waals surface area contributed by atoms with E-state index in [2.05, 4.69) is 19.1 Å². The number of ether oxygens (including phenoxy) is 2. The zero-order valence-electron chi connectivity index (χ0n) is 13.7. The van der Waals surface area contributed by atoms with Crippen LogP contribution in [-0.4, -0.2) is 44.1 Å². The number of benzene rings is 1. The van der Waals surface area contributed by atoms with Crippen molar-refractivity contribution in [1.29, 1.82) is 0 Å². The van der Waals surface area contributed by atoms with Crippen molar-refractivity contribution in [3.8, 4) is 0 Å². The molecule has 1 aromatic rings. The molecular formula is C18H25NO3S. The van der Waals surface area contributed by atoms with E-state index in [9.17, 15) is 4.79 Å². The molecule has 1 saturated heterocycles. The van der Waals surface area contributed by atoms with Crippen LogP contribution in [0.1, 0.15) is 26.2 Å². The normalized spacial score (nSPS) is 22.5. The summed E-state index contributed by atoms with van der Waals surface area (Å²) < 4.78 is 11.2. The van der Waals surface area contributed by atoms with Crippen molar-refractivity contribution >= 4 is 23.4 Å². The molecule has 0 unspecified atom stereocenters. The summed E-state index contributed by atoms with van der Waals surface area (Å²) in [4.78, 5) is 15.9. The van der Waals surface area contributed by atoms with E-state index in [0.717, 1.165) is 44.0 Å². The lowest BCUT2D eigenvalue weighted by atomic mass is 10.1. The molecule has 0 N–H and O–H groups in total. The zero-order valence-corrected chi connectivity index (χ0v) is 14.5. The molecule has 0 aliphatic carbocycles. The van der Waals surface area contributed by atoms with Crippen molar-refractivity contribution in [3.63, 3.8) is 0 Å². The lowest BCUT2D eigenvalue weighted by Gasteiger charge is -2.26. The van der Waals surface area contributed by atoms with E-state index in [-0.39, 0.29) is 12.0 Å². The first-order valence-corrected chi connectivity index (χ1v) is 9.44. The fourth-order valence-corrected chi connectivity index (χ4v) is 4.09. The molecule has 3 rings (SSSR count). The first-order chi connectivity index (χ1) is 11.2. The van der Waals surface area contributed by atoms with Crippen LogP contribution in [0.15, 0.2) is 29.2 Å². The van der Waals surface area contributed by atoms with Gasteiger partial charge < -0.3 is 14.4 Å². The Hall–Kier alpha value is -1.04. The minimum absolute atomic E-state index is 0.166. The predicted molar refractivity (Wildman–Crippen MR) is 93.1 cm³/mol. The summed E-state index contributed by atoms with van der Waals surface area (Å²) in [5.74, 6) is 1.71. The van der Waals surface area contributed by atoms with E-state index in [4.69, 9.17) is 9.47 Å². The number of thioether (sulfide) groups is 1. The summed E-state index contributed by atoms with van der Waals surface area (Å²) in [6.07, 6.45) is 2.58. The summed E-state index contributed by atoms with van der Waals surface area (Å²) in [5.41, 5.74) is 1.05. The van der Waals surface area contributed by atoms with E-state index < -0.39 is 0 Å². The largest absolute Gasteiger partial charge is 0.381 e. The standard InChI is InChI=1S/C18H25NO3S/c1-14-12-19(16-4-2-3-5-17(16)23-13-14)18(20)8-11-22-15-6-9-21-10-7-15/h2-5,14-15H,6-13H2,1H3/t14-/m1/s1. The third-order valence-corrected chi connectivity index (χ3v) is 5.70. The summed E-state index contributed by atoms with van der Waals surface area (Å²) in [6, 6.07) is 8.21. The van der Waals surface area contributed by atoms with Crippen LogP contribution in [0.5, 0.6) is 0 Å². The van der Waals surface area contributed by atoms with Gasteiger partial charge in [0.1, 0.15) is 0 Å². The molecule has 1 fully saturated rings. The second-order valence-electron chi connectivity index (χ2n) is 6.32. The molecule has 23 heavy (non-hydrogen) atoms. The first-order valence-electron chi connectivity index (χ1n) is 8.45. The number of fused-ring (bicyclic) bond motifs is 1. The van der Waals surface area contributed by atoms with Gasteiger partial charge in [0, 0.05) is 30.4 Å². The fraction of sp³-hybridized carbons (Fsp3) is 0.611. The number of hydrogen-bond donors (Lipinski definition) is 0. The van der Waals surface area contributed by atoms with Crippen molar-refractivity contribution in [2.24, 2.45) is 5.92 Å². The van der Waals surface area contributed by atoms with Gasteiger partial charge in [0.2, 0.25) is 5.91 Å². The second-order valence-corrected chi connectivity index (χ2v) is 7.38. The average Bonchev–Trinajstić information content (AvgIpc) is 2.75. The summed E-state index contributed by atoms with van der Waals surface area (Å²) >= 11 is 1.85. The van der Waals surface area contributed by atoms with Crippen LogP contribution in [0, 0.1) is 5.92 Å². The fourth-order valence-electron chi connectivity index (χ4n) is 3.02. The Labute approximate surface area is 142 Å². The zero-order chi connectivity index (χ0) is 16.1. The molecule has 2 heterocycles. The highest BCUT2D eigenvalue weighted by atomic mass is 32.2. The molecule has 0 saturated carbocycles. The predicted octanol–water partition coefficient (Wildman–Crippen LogP) is 3.35. The highest BCUT2D eigenvalue weighted by Gasteiger charge is 2.24. The van der Waals surface area contributed by atoms with Gasteiger partial charge in [-0.15, -0.1) is 11.8 Å². The van der Waals surface area contributed by atoms with Crippen LogP contribution in [-0.2, 0) is 14.3 Å². The molecule has 0 spiro atoms. The molecule has 1 atom stereocenters. The number of para-hydroxylation sites is 1. The van der Waals surface area contributed by atoms with E-state index in [1.807, 2.05) is 28.8 Å². The molecule has 126 valence electrons. The van der Waals surface area contributed by atoms with Crippen LogP contribution < -0.4 is 4.90 Å². The van der Waals surface area contributed by atoms with E-state index in [1.54, 1.807) is 0 Å². The van der Waals surface area contributed by atoms with Gasteiger partial charge in [-0.05, 0) is 30.9 Å². The van der Waals surface area contributed by atoms with Gasteiger partial charge in [-0.25, -0.2) is 0 Å². The number of carbonyl (C=O) groups excluding carboxylic acids is 1. The Balaban J connectivity index is 1.59. The molecule has 0 radical (unpaired) electrons. The third kappa shape index (κ3) is 4.49. The molecular weight excluding hydrogens is 310 g/mol. The van der Waals surface area contributed by atoms with Gasteiger partial charge in [0.15, 0.2) is 0 Å². The molecule has 2 aliphatic rings. The van der Waals surface area contributed by atoms with Crippen molar-refractivity contribution in [1.82, 2.24) is 0 Å². The van der Waals surface area contributed by atoms with Crippen molar-refractivity contribution in [2.45, 2.75) is 37.2 Å². The van der Waals surface area contributed by atoms with E-state index >= 15 is 0 Å². The molecule has 0 aromatic heterocycles. The van der Waals surface area contributed by atoms with Gasteiger partial charge >= 0.3 is 0 Å². The van der Waals surface area contributed by atoms with Crippen molar-refractivity contribution < 1.29 is 14.3 Å². The number of hydrogen-bond acceptors (Lipinski definition) is 4. The minimum Gasteiger partial charge on any atom is -0.381 e. The lowest BCUT2D eigenvalue weighted by molar-refractivity contribution is -0.120. The van der Waals surface area contributed by atoms with E-state index in [0.29, 0.717) is 18.9 Å². The van der Waals surface area contributed by atoms with Crippen LogP contribution in [0.4, 0.5) is 5.69 Å². The summed E-state index contributed by atoms with van der Waals surface area (Å²) in [7, 11) is 0. The number of carbonyl (C=O) groups is 1. The van der Waals surface area contributed by atoms with Gasteiger partial charge in [0.25, 0.3) is 0 Å². The average molecular weight is 335 g/mol. The Morgan fingerprint density at radius 2 is 2.13 bits per heavy atom. The first kappa shape index (κ1) is 16.8. The minimum atomic E-state index is 0.166. The number of anilines is 1. The van der Waals surface area contributed by atoms with Crippen LogP contribution >= 0.6 is 11.8 Å². The smallest absolute Gasteiger partial charge is 0.229 e. The monoisotopic (exact) mass is 335 g/mol. The van der Waals surface area contributed by atoms with Gasteiger partial charge in [0.05, 0.1) is 24.8 Å². The number of amides is 1. The lowest BCUT2D eigenvalue weighted by Crippen LogP contribution is -2.35. The second kappa shape index (κ2) is 8.18. The van der Waals surface area contributed by atoms with Crippen LogP contribution in [0.2, 0.25) is 0 Å². The molecule has 1 aromatic carbocycles. The maximum atomic E-state index is 12.7. The number of rotatable bonds is 4. The van der Waals surface area contributed by atoms with E-state index in [1.165, 1.54) is 4.90 Å². The molecule has 5 heteroatoms. The molecule has 1 amide bonds. The maximum Gasteiger partial charge on any atom is 0.229 e. The summed E-state index contributed by atoms with van der Waals surface area (Å²) in [5, 5.41) is 0. The maximum absolute atomic E-state index is 12.7.